The van der Waals surface area contributed by atoms with Crippen LogP contribution in [0.1, 0.15) is 13.8 Å². The molecular weight excluding hydrogens is 149 g/mol. The summed E-state index contributed by atoms with van der Waals surface area (Å²) in [6, 6.07) is 0. The third-order valence-electron chi connectivity index (χ3n) is 0.990. The van der Waals surface area contributed by atoms with E-state index in [1.165, 1.54) is 0 Å². The summed E-state index contributed by atoms with van der Waals surface area (Å²) in [7, 11) is -4.27. The molecule has 0 spiro atoms. The Hall–Kier alpha value is 0.467. The van der Waals surface area contributed by atoms with E-state index in [2.05, 4.69) is 0 Å². The third-order valence-corrected chi connectivity index (χ3v) is 2.20. The Morgan fingerprint density at radius 2 is 1.70 bits per heavy atom. The maximum absolute atomic E-state index is 10.1. The molecule has 1 unspecified atom stereocenters. The number of hydrogen-bond donors (Lipinski definition) is 1. The van der Waals surface area contributed by atoms with Crippen LogP contribution < -0.4 is 24.6 Å². The Morgan fingerprint density at radius 1 is 1.40 bits per heavy atom. The van der Waals surface area contributed by atoms with Crippen LogP contribution in [-0.4, -0.2) is 18.3 Å². The molecule has 0 rings (SSSR count). The van der Waals surface area contributed by atoms with Crippen LogP contribution in [0.3, 0.4) is 0 Å². The zero-order valence-electron chi connectivity index (χ0n) is 6.37. The molecule has 0 fully saturated rings. The molecular formula is C4H10LiNO3S. The van der Waals surface area contributed by atoms with Crippen LogP contribution in [0, 0.1) is 5.92 Å². The minimum atomic E-state index is -4.27. The predicted molar refractivity (Wildman–Crippen MR) is 32.5 cm³/mol. The fourth-order valence-electron chi connectivity index (χ4n) is 0.333. The average Bonchev–Trinajstić information content (AvgIpc) is 1.62. The first kappa shape index (κ1) is 13.1. The van der Waals surface area contributed by atoms with Gasteiger partial charge in [0.15, 0.2) is 0 Å². The second-order valence-electron chi connectivity index (χ2n) is 2.20. The number of hydrogen-bond acceptors (Lipinski definition) is 4. The van der Waals surface area contributed by atoms with E-state index < -0.39 is 15.5 Å². The quantitative estimate of drug-likeness (QED) is 0.334. The van der Waals surface area contributed by atoms with Crippen molar-refractivity contribution in [1.82, 2.24) is 0 Å². The fraction of sp³-hybridized carbons (Fsp3) is 1.00. The van der Waals surface area contributed by atoms with Crippen molar-refractivity contribution in [1.29, 1.82) is 0 Å². The molecule has 0 radical (unpaired) electrons. The zero-order chi connectivity index (χ0) is 7.65. The molecule has 1 atom stereocenters. The van der Waals surface area contributed by atoms with E-state index in [4.69, 9.17) is 5.73 Å². The maximum atomic E-state index is 10.1. The van der Waals surface area contributed by atoms with Crippen LogP contribution in [0.15, 0.2) is 0 Å². The van der Waals surface area contributed by atoms with Crippen LogP contribution in [0.2, 0.25) is 0 Å². The molecule has 0 aliphatic heterocycles. The molecule has 2 N–H and O–H groups in total. The van der Waals surface area contributed by atoms with E-state index in [1.54, 1.807) is 13.8 Å². The molecule has 0 heterocycles. The second kappa shape index (κ2) is 4.37. The summed E-state index contributed by atoms with van der Waals surface area (Å²) in [6.07, 6.45) is 0. The van der Waals surface area contributed by atoms with Crippen LogP contribution in [0.5, 0.6) is 0 Å². The van der Waals surface area contributed by atoms with Crippen molar-refractivity contribution in [2.24, 2.45) is 11.7 Å². The van der Waals surface area contributed by atoms with Crippen molar-refractivity contribution in [2.45, 2.75) is 19.2 Å². The first-order chi connectivity index (χ1) is 3.85. The topological polar surface area (TPSA) is 83.2 Å². The summed E-state index contributed by atoms with van der Waals surface area (Å²) in [6.45, 7) is 3.17. The monoisotopic (exact) mass is 159 g/mol. The van der Waals surface area contributed by atoms with Gasteiger partial charge in [0.05, 0.1) is 5.37 Å². The normalized spacial score (nSPS) is 14.5. The van der Waals surface area contributed by atoms with Crippen molar-refractivity contribution < 1.29 is 31.8 Å². The van der Waals surface area contributed by atoms with Gasteiger partial charge in [-0.3, -0.25) is 0 Å². The summed E-state index contributed by atoms with van der Waals surface area (Å²) in [5.41, 5.74) is 4.99. The molecule has 10 heavy (non-hydrogen) atoms. The third kappa shape index (κ3) is 4.31. The van der Waals surface area contributed by atoms with Crippen molar-refractivity contribution >= 4 is 10.1 Å². The minimum absolute atomic E-state index is 0. The van der Waals surface area contributed by atoms with Crippen LogP contribution in [0.25, 0.3) is 0 Å². The first-order valence-electron chi connectivity index (χ1n) is 2.56. The number of nitrogens with two attached hydrogens (primary N) is 1. The van der Waals surface area contributed by atoms with E-state index >= 15 is 0 Å². The van der Waals surface area contributed by atoms with Crippen molar-refractivity contribution in [2.75, 3.05) is 0 Å². The Kier molecular flexibility index (Phi) is 5.71. The standard InChI is InChI=1S/C4H11NO3S.Li/c1-3(2)4(5)9(6,7)8;/h3-4H,5H2,1-2H3,(H,6,7,8);/q;+1/p-1. The van der Waals surface area contributed by atoms with Gasteiger partial charge in [-0.05, 0) is 5.92 Å². The van der Waals surface area contributed by atoms with Crippen LogP contribution in [-0.2, 0) is 10.1 Å². The fourth-order valence-corrected chi connectivity index (χ4v) is 1.00. The molecule has 0 amide bonds. The van der Waals surface area contributed by atoms with Gasteiger partial charge in [0.25, 0.3) is 0 Å². The smallest absolute Gasteiger partial charge is 0.747 e. The summed E-state index contributed by atoms with van der Waals surface area (Å²) < 4.78 is 30.3. The van der Waals surface area contributed by atoms with Crippen molar-refractivity contribution in [3.05, 3.63) is 0 Å². The van der Waals surface area contributed by atoms with Gasteiger partial charge in [0, 0.05) is 0 Å². The summed E-state index contributed by atoms with van der Waals surface area (Å²) >= 11 is 0. The van der Waals surface area contributed by atoms with Gasteiger partial charge in [-0.25, -0.2) is 8.42 Å². The number of rotatable bonds is 2. The predicted octanol–water partition coefficient (Wildman–Crippen LogP) is -3.52. The molecule has 6 heteroatoms. The average molecular weight is 159 g/mol. The molecule has 0 aromatic rings. The summed E-state index contributed by atoms with van der Waals surface area (Å²) in [5, 5.41) is -1.27. The van der Waals surface area contributed by atoms with Gasteiger partial charge in [0.1, 0.15) is 10.1 Å². The summed E-state index contributed by atoms with van der Waals surface area (Å²) in [4.78, 5) is 0. The molecule has 0 aliphatic carbocycles. The van der Waals surface area contributed by atoms with Crippen LogP contribution >= 0.6 is 0 Å². The first-order valence-corrected chi connectivity index (χ1v) is 4.03. The van der Waals surface area contributed by atoms with Gasteiger partial charge >= 0.3 is 18.9 Å². The largest absolute Gasteiger partial charge is 1.00 e. The molecule has 56 valence electrons. The Bertz CT molecular complexity index is 177. The van der Waals surface area contributed by atoms with Gasteiger partial charge in [-0.1, -0.05) is 13.8 Å². The van der Waals surface area contributed by atoms with Gasteiger partial charge in [-0.15, -0.1) is 0 Å². The van der Waals surface area contributed by atoms with Crippen LogP contribution in [0.4, 0.5) is 0 Å². The van der Waals surface area contributed by atoms with E-state index in [0.717, 1.165) is 0 Å². The van der Waals surface area contributed by atoms with Gasteiger partial charge < -0.3 is 10.3 Å². The minimum Gasteiger partial charge on any atom is -0.747 e. The SMILES string of the molecule is CC(C)C(N)S(=O)(=O)[O-].[Li+]. The van der Waals surface area contributed by atoms with Gasteiger partial charge in [-0.2, -0.15) is 0 Å². The van der Waals surface area contributed by atoms with Crippen molar-refractivity contribution in [3.8, 4) is 0 Å². The van der Waals surface area contributed by atoms with Crippen molar-refractivity contribution in [3.63, 3.8) is 0 Å². The Balaban J connectivity index is 0. The van der Waals surface area contributed by atoms with E-state index in [0.29, 0.717) is 0 Å². The van der Waals surface area contributed by atoms with E-state index in [-0.39, 0.29) is 24.8 Å². The van der Waals surface area contributed by atoms with E-state index in [1.807, 2.05) is 0 Å². The Morgan fingerprint density at radius 3 is 1.70 bits per heavy atom. The second-order valence-corrected chi connectivity index (χ2v) is 3.73. The Labute approximate surface area is 73.1 Å². The maximum Gasteiger partial charge on any atom is 1.00 e. The molecule has 0 aromatic heterocycles. The van der Waals surface area contributed by atoms with E-state index in [9.17, 15) is 13.0 Å². The molecule has 0 aromatic carbocycles. The zero-order valence-corrected chi connectivity index (χ0v) is 7.18. The van der Waals surface area contributed by atoms with Gasteiger partial charge in [0.2, 0.25) is 0 Å². The molecule has 0 saturated heterocycles. The molecule has 0 bridgehead atoms. The molecule has 0 aliphatic rings. The molecule has 4 nitrogen and oxygen atoms in total. The molecule has 0 saturated carbocycles. The summed E-state index contributed by atoms with van der Waals surface area (Å²) in [5.74, 6) is -0.313.